The van der Waals surface area contributed by atoms with Crippen molar-refractivity contribution in [2.75, 3.05) is 19.6 Å². The van der Waals surface area contributed by atoms with Crippen molar-refractivity contribution in [3.8, 4) is 0 Å². The van der Waals surface area contributed by atoms with Crippen LogP contribution in [0.3, 0.4) is 0 Å². The normalized spacial score (nSPS) is 26.6. The summed E-state index contributed by atoms with van der Waals surface area (Å²) in [6.07, 6.45) is 8.20. The van der Waals surface area contributed by atoms with Gasteiger partial charge in [-0.3, -0.25) is 4.79 Å². The highest BCUT2D eigenvalue weighted by Gasteiger charge is 2.36. The zero-order valence-corrected chi connectivity index (χ0v) is 12.0. The molecule has 3 heteroatoms. The van der Waals surface area contributed by atoms with Gasteiger partial charge in [0.25, 0.3) is 0 Å². The van der Waals surface area contributed by atoms with Crippen molar-refractivity contribution in [3.63, 3.8) is 0 Å². The average Bonchev–Trinajstić information content (AvgIpc) is 2.38. The maximum atomic E-state index is 12.4. The van der Waals surface area contributed by atoms with Gasteiger partial charge in [-0.05, 0) is 44.2 Å². The minimum Gasteiger partial charge on any atom is -0.355 e. The monoisotopic (exact) mass is 252 g/mol. The van der Waals surface area contributed by atoms with Gasteiger partial charge in [-0.1, -0.05) is 33.1 Å². The van der Waals surface area contributed by atoms with Crippen molar-refractivity contribution < 1.29 is 4.79 Å². The van der Waals surface area contributed by atoms with Gasteiger partial charge < -0.3 is 10.6 Å². The number of carbonyl (C=O) groups excluding carboxylic acids is 1. The van der Waals surface area contributed by atoms with Crippen LogP contribution in [-0.4, -0.2) is 25.5 Å². The molecule has 104 valence electrons. The van der Waals surface area contributed by atoms with Gasteiger partial charge in [0.05, 0.1) is 0 Å². The van der Waals surface area contributed by atoms with Crippen LogP contribution in [0.1, 0.15) is 58.8 Å². The summed E-state index contributed by atoms with van der Waals surface area (Å²) in [5, 5.41) is 6.62. The van der Waals surface area contributed by atoms with Gasteiger partial charge in [0, 0.05) is 12.0 Å². The second-order valence-corrected chi connectivity index (χ2v) is 6.86. The molecule has 3 nitrogen and oxygen atoms in total. The van der Waals surface area contributed by atoms with Crippen LogP contribution in [0, 0.1) is 10.8 Å². The van der Waals surface area contributed by atoms with Crippen LogP contribution in [-0.2, 0) is 4.79 Å². The van der Waals surface area contributed by atoms with Crippen molar-refractivity contribution in [1.82, 2.24) is 10.6 Å². The molecular weight excluding hydrogens is 224 g/mol. The average molecular weight is 252 g/mol. The molecule has 0 unspecified atom stereocenters. The standard InChI is InChI=1S/C15H28N2O/c1-14(8-10-16-11-9-14)12-17-13(18)15(2)6-4-3-5-7-15/h16H,3-12H2,1-2H3,(H,17,18). The Kier molecular flexibility index (Phi) is 4.31. The number of nitrogens with one attached hydrogen (secondary N) is 2. The molecular formula is C15H28N2O. The first-order chi connectivity index (χ1) is 8.54. The number of carbonyl (C=O) groups is 1. The number of hydrogen-bond acceptors (Lipinski definition) is 2. The van der Waals surface area contributed by atoms with E-state index in [4.69, 9.17) is 0 Å². The van der Waals surface area contributed by atoms with Crippen LogP contribution in [0.4, 0.5) is 0 Å². The predicted octanol–water partition coefficient (Wildman–Crippen LogP) is 2.46. The first-order valence-electron chi connectivity index (χ1n) is 7.53. The molecule has 0 bridgehead atoms. The summed E-state index contributed by atoms with van der Waals surface area (Å²) in [6.45, 7) is 7.47. The van der Waals surface area contributed by atoms with Crippen LogP contribution >= 0.6 is 0 Å². The smallest absolute Gasteiger partial charge is 0.225 e. The van der Waals surface area contributed by atoms with Gasteiger partial charge in [0.2, 0.25) is 5.91 Å². The van der Waals surface area contributed by atoms with Crippen LogP contribution in [0.15, 0.2) is 0 Å². The van der Waals surface area contributed by atoms with E-state index in [0.717, 1.165) is 32.5 Å². The summed E-state index contributed by atoms with van der Waals surface area (Å²) < 4.78 is 0. The summed E-state index contributed by atoms with van der Waals surface area (Å²) in [7, 11) is 0. The zero-order chi connectivity index (χ0) is 13.1. The van der Waals surface area contributed by atoms with E-state index in [9.17, 15) is 4.79 Å². The third-order valence-electron chi connectivity index (χ3n) is 4.99. The lowest BCUT2D eigenvalue weighted by Gasteiger charge is -2.37. The molecule has 2 rings (SSSR count). The zero-order valence-electron chi connectivity index (χ0n) is 12.0. The van der Waals surface area contributed by atoms with Crippen molar-refractivity contribution >= 4 is 5.91 Å². The maximum Gasteiger partial charge on any atom is 0.225 e. The molecule has 1 saturated carbocycles. The van der Waals surface area contributed by atoms with Crippen molar-refractivity contribution in [2.45, 2.75) is 58.8 Å². The summed E-state index contributed by atoms with van der Waals surface area (Å²) in [5.41, 5.74) is 0.202. The molecule has 2 fully saturated rings. The highest BCUT2D eigenvalue weighted by Crippen LogP contribution is 2.36. The molecule has 1 amide bonds. The molecule has 0 aromatic rings. The Bertz CT molecular complexity index is 289. The fraction of sp³-hybridized carbons (Fsp3) is 0.933. The van der Waals surface area contributed by atoms with E-state index in [-0.39, 0.29) is 5.41 Å². The van der Waals surface area contributed by atoms with Gasteiger partial charge in [-0.15, -0.1) is 0 Å². The Balaban J connectivity index is 1.83. The highest BCUT2D eigenvalue weighted by atomic mass is 16.2. The predicted molar refractivity (Wildman–Crippen MR) is 74.4 cm³/mol. The number of rotatable bonds is 3. The lowest BCUT2D eigenvalue weighted by molar-refractivity contribution is -0.132. The molecule has 1 aliphatic carbocycles. The Morgan fingerprint density at radius 2 is 1.67 bits per heavy atom. The molecule has 0 spiro atoms. The fourth-order valence-electron chi connectivity index (χ4n) is 3.27. The van der Waals surface area contributed by atoms with E-state index in [0.29, 0.717) is 11.3 Å². The van der Waals surface area contributed by atoms with Crippen molar-refractivity contribution in [3.05, 3.63) is 0 Å². The molecule has 2 N–H and O–H groups in total. The number of piperidine rings is 1. The number of amides is 1. The van der Waals surface area contributed by atoms with Crippen molar-refractivity contribution in [1.29, 1.82) is 0 Å². The molecule has 18 heavy (non-hydrogen) atoms. The maximum absolute atomic E-state index is 12.4. The van der Waals surface area contributed by atoms with E-state index in [2.05, 4.69) is 24.5 Å². The van der Waals surface area contributed by atoms with E-state index in [1.165, 1.54) is 32.1 Å². The summed E-state index contributed by atoms with van der Waals surface area (Å²) in [5.74, 6) is 0.293. The third kappa shape index (κ3) is 3.25. The minimum absolute atomic E-state index is 0.0957. The first kappa shape index (κ1) is 13.9. The van der Waals surface area contributed by atoms with E-state index >= 15 is 0 Å². The number of hydrogen-bond donors (Lipinski definition) is 2. The molecule has 2 aliphatic rings. The molecule has 1 heterocycles. The van der Waals surface area contributed by atoms with Crippen LogP contribution < -0.4 is 10.6 Å². The molecule has 1 aliphatic heterocycles. The molecule has 0 aromatic carbocycles. The Morgan fingerprint density at radius 1 is 1.06 bits per heavy atom. The van der Waals surface area contributed by atoms with E-state index in [1.807, 2.05) is 0 Å². The SMILES string of the molecule is CC1(CNC(=O)C2(C)CCCCC2)CCNCC1. The molecule has 1 saturated heterocycles. The van der Waals surface area contributed by atoms with Gasteiger partial charge in [-0.25, -0.2) is 0 Å². The van der Waals surface area contributed by atoms with Crippen LogP contribution in [0.25, 0.3) is 0 Å². The fourth-order valence-corrected chi connectivity index (χ4v) is 3.27. The summed E-state index contributed by atoms with van der Waals surface area (Å²) in [4.78, 5) is 12.4. The van der Waals surface area contributed by atoms with Gasteiger partial charge >= 0.3 is 0 Å². The van der Waals surface area contributed by atoms with Gasteiger partial charge in [-0.2, -0.15) is 0 Å². The highest BCUT2D eigenvalue weighted by molar-refractivity contribution is 5.82. The first-order valence-corrected chi connectivity index (χ1v) is 7.53. The molecule has 0 aromatic heterocycles. The Labute approximate surface area is 111 Å². The van der Waals surface area contributed by atoms with E-state index in [1.54, 1.807) is 0 Å². The summed E-state index contributed by atoms with van der Waals surface area (Å²) >= 11 is 0. The van der Waals surface area contributed by atoms with E-state index < -0.39 is 0 Å². The lowest BCUT2D eigenvalue weighted by Crippen LogP contribution is -2.47. The summed E-state index contributed by atoms with van der Waals surface area (Å²) in [6, 6.07) is 0. The van der Waals surface area contributed by atoms with Gasteiger partial charge in [0.15, 0.2) is 0 Å². The lowest BCUT2D eigenvalue weighted by atomic mass is 9.74. The van der Waals surface area contributed by atoms with Crippen LogP contribution in [0.2, 0.25) is 0 Å². The second-order valence-electron chi connectivity index (χ2n) is 6.86. The minimum atomic E-state index is -0.0957. The second kappa shape index (κ2) is 5.60. The quantitative estimate of drug-likeness (QED) is 0.810. The topological polar surface area (TPSA) is 41.1 Å². The molecule has 0 radical (unpaired) electrons. The third-order valence-corrected chi connectivity index (χ3v) is 4.99. The molecule has 0 atom stereocenters. The van der Waals surface area contributed by atoms with Crippen LogP contribution in [0.5, 0.6) is 0 Å². The van der Waals surface area contributed by atoms with Gasteiger partial charge in [0.1, 0.15) is 0 Å². The van der Waals surface area contributed by atoms with Crippen molar-refractivity contribution in [2.24, 2.45) is 10.8 Å². The Hall–Kier alpha value is -0.570. The largest absolute Gasteiger partial charge is 0.355 e. The Morgan fingerprint density at radius 3 is 2.28 bits per heavy atom.